The number of rotatable bonds is 6. The molecule has 0 spiro atoms. The van der Waals surface area contributed by atoms with Crippen LogP contribution in [-0.2, 0) is 19.1 Å². The van der Waals surface area contributed by atoms with Gasteiger partial charge in [0.25, 0.3) is 0 Å². The fraction of sp³-hybridized carbons (Fsp3) is 0.667. The Hall–Kier alpha value is -1.92. The summed E-state index contributed by atoms with van der Waals surface area (Å²) in [6.45, 7) is 15.4. The highest BCUT2D eigenvalue weighted by atomic mass is 16.7. The average Bonchev–Trinajstić information content (AvgIpc) is 3.06. The summed E-state index contributed by atoms with van der Waals surface area (Å²) >= 11 is 0. The van der Waals surface area contributed by atoms with Gasteiger partial charge in [-0.1, -0.05) is 20.8 Å². The van der Waals surface area contributed by atoms with Gasteiger partial charge in [0.2, 0.25) is 12.3 Å². The normalized spacial score (nSPS) is 22.0. The lowest BCUT2D eigenvalue weighted by molar-refractivity contribution is -0.139. The van der Waals surface area contributed by atoms with Gasteiger partial charge in [0, 0.05) is 13.0 Å². The highest BCUT2D eigenvalue weighted by molar-refractivity contribution is 6.00. The Morgan fingerprint density at radius 1 is 1.33 bits per heavy atom. The van der Waals surface area contributed by atoms with Crippen LogP contribution < -0.4 is 10.2 Å². The molecule has 0 bridgehead atoms. The van der Waals surface area contributed by atoms with E-state index in [1.54, 1.807) is 0 Å². The van der Waals surface area contributed by atoms with Crippen molar-refractivity contribution < 1.29 is 19.1 Å². The molecule has 2 aliphatic heterocycles. The molecule has 30 heavy (non-hydrogen) atoms. The topological polar surface area (TPSA) is 67.9 Å². The van der Waals surface area contributed by atoms with Crippen molar-refractivity contribution in [3.8, 4) is 0 Å². The van der Waals surface area contributed by atoms with Crippen molar-refractivity contribution in [2.75, 3.05) is 23.4 Å². The summed E-state index contributed by atoms with van der Waals surface area (Å²) in [5.74, 6) is -0.0672. The number of hydrogen-bond donors (Lipinski definition) is 1. The number of ether oxygens (including phenoxy) is 2. The molecular formula is C24H38N2O4. The van der Waals surface area contributed by atoms with Gasteiger partial charge in [-0.3, -0.25) is 9.59 Å². The molecule has 1 saturated heterocycles. The molecule has 2 amide bonds. The molecule has 2 aliphatic rings. The minimum atomic E-state index is -0.526. The third kappa shape index (κ3) is 5.41. The first-order chi connectivity index (χ1) is 14.2. The minimum absolute atomic E-state index is 0.0497. The van der Waals surface area contributed by atoms with Crippen molar-refractivity contribution >= 4 is 23.7 Å². The smallest absolute Gasteiger partial charge is 0.227 e. The van der Waals surface area contributed by atoms with E-state index in [2.05, 4.69) is 19.2 Å². The molecule has 0 aromatic heterocycles. The molecule has 0 saturated carbocycles. The molecule has 2 unspecified atom stereocenters. The molecule has 6 nitrogen and oxygen atoms in total. The lowest BCUT2D eigenvalue weighted by Gasteiger charge is -2.36. The zero-order valence-electron chi connectivity index (χ0n) is 19.6. The average molecular weight is 419 g/mol. The molecule has 1 aromatic rings. The van der Waals surface area contributed by atoms with Gasteiger partial charge in [0.05, 0.1) is 24.1 Å². The molecule has 1 fully saturated rings. The molecule has 0 radical (unpaired) electrons. The van der Waals surface area contributed by atoms with Crippen LogP contribution in [0.25, 0.3) is 0 Å². The maximum atomic E-state index is 13.1. The van der Waals surface area contributed by atoms with Gasteiger partial charge < -0.3 is 19.7 Å². The number of aryl methyl sites for hydroxylation is 1. The van der Waals surface area contributed by atoms with E-state index in [1.807, 2.05) is 45.6 Å². The molecule has 1 aromatic carbocycles. The van der Waals surface area contributed by atoms with Crippen LogP contribution in [0.3, 0.4) is 0 Å². The third-order valence-corrected chi connectivity index (χ3v) is 5.91. The first kappa shape index (κ1) is 24.4. The molecule has 2 atom stereocenters. The summed E-state index contributed by atoms with van der Waals surface area (Å²) in [6, 6.07) is 1.96. The lowest BCUT2D eigenvalue weighted by atomic mass is 9.85. The van der Waals surface area contributed by atoms with Gasteiger partial charge in [-0.25, -0.2) is 0 Å². The summed E-state index contributed by atoms with van der Waals surface area (Å²) in [5, 5.41) is 2.81. The molecule has 168 valence electrons. The first-order valence-corrected chi connectivity index (χ1v) is 11.2. The summed E-state index contributed by atoms with van der Waals surface area (Å²) in [7, 11) is 0. The maximum Gasteiger partial charge on any atom is 0.227 e. The summed E-state index contributed by atoms with van der Waals surface area (Å²) in [5.41, 5.74) is 5.11. The predicted molar refractivity (Wildman–Crippen MR) is 121 cm³/mol. The maximum absolute atomic E-state index is 13.1. The Bertz CT molecular complexity index is 760. The van der Waals surface area contributed by atoms with Crippen LogP contribution in [0.5, 0.6) is 0 Å². The van der Waals surface area contributed by atoms with E-state index in [0.717, 1.165) is 36.2 Å². The van der Waals surface area contributed by atoms with Gasteiger partial charge in [-0.2, -0.15) is 0 Å². The quantitative estimate of drug-likeness (QED) is 0.656. The van der Waals surface area contributed by atoms with Gasteiger partial charge in [-0.05, 0) is 75.6 Å². The second-order valence-corrected chi connectivity index (χ2v) is 8.47. The number of nitrogens with zero attached hydrogens (tertiary/aromatic N) is 1. The van der Waals surface area contributed by atoms with Crippen LogP contribution in [0.1, 0.15) is 82.9 Å². The molecule has 6 heteroatoms. The second kappa shape index (κ2) is 10.4. The van der Waals surface area contributed by atoms with Crippen molar-refractivity contribution in [3.05, 3.63) is 22.8 Å². The van der Waals surface area contributed by atoms with Gasteiger partial charge in [0.15, 0.2) is 5.79 Å². The largest absolute Gasteiger partial charge is 0.348 e. The molecule has 3 rings (SSSR count). The van der Waals surface area contributed by atoms with Crippen LogP contribution >= 0.6 is 0 Å². The van der Waals surface area contributed by atoms with E-state index in [4.69, 9.17) is 9.47 Å². The summed E-state index contributed by atoms with van der Waals surface area (Å²) in [6.07, 6.45) is 3.68. The van der Waals surface area contributed by atoms with E-state index in [1.165, 1.54) is 11.1 Å². The zero-order valence-corrected chi connectivity index (χ0v) is 19.6. The lowest BCUT2D eigenvalue weighted by Crippen LogP contribution is -2.37. The van der Waals surface area contributed by atoms with Crippen LogP contribution in [0, 0.1) is 13.8 Å². The first-order valence-electron chi connectivity index (χ1n) is 11.2. The number of fused-ring (bicyclic) bond motifs is 1. The second-order valence-electron chi connectivity index (χ2n) is 8.47. The number of benzene rings is 1. The van der Waals surface area contributed by atoms with Crippen LogP contribution in [-0.4, -0.2) is 37.4 Å². The van der Waals surface area contributed by atoms with Gasteiger partial charge >= 0.3 is 0 Å². The van der Waals surface area contributed by atoms with E-state index < -0.39 is 5.79 Å². The number of anilines is 2. The number of amides is 2. The number of nitrogens with one attached hydrogen (secondary N) is 1. The van der Waals surface area contributed by atoms with Crippen LogP contribution in [0.2, 0.25) is 0 Å². The molecule has 0 aliphatic carbocycles. The number of hydrogen-bond acceptors (Lipinski definition) is 4. The predicted octanol–water partition coefficient (Wildman–Crippen LogP) is 5.06. The van der Waals surface area contributed by atoms with Crippen LogP contribution in [0.15, 0.2) is 6.07 Å². The zero-order chi connectivity index (χ0) is 22.5. The SMILES string of the molecule is CC.Cc1cc(NC=O)c2c(c1C)C(C)CCN2C(=O)CCCC1COC(C)(C)O1. The summed E-state index contributed by atoms with van der Waals surface area (Å²) in [4.78, 5) is 26.1. The van der Waals surface area contributed by atoms with Crippen molar-refractivity contribution in [1.82, 2.24) is 0 Å². The minimum Gasteiger partial charge on any atom is -0.348 e. The van der Waals surface area contributed by atoms with E-state index in [-0.39, 0.29) is 12.0 Å². The standard InChI is InChI=1S/C22H32N2O4.C2H6/c1-14-9-10-24(19(26)8-6-7-17-12-27-22(4,5)28-17)21-18(23-13-25)11-15(2)16(3)20(14)21;1-2/h11,13-14,17H,6-10,12H2,1-5H3,(H,23,25);1-2H3. The summed E-state index contributed by atoms with van der Waals surface area (Å²) < 4.78 is 11.4. The van der Waals surface area contributed by atoms with Crippen molar-refractivity contribution in [1.29, 1.82) is 0 Å². The fourth-order valence-corrected chi connectivity index (χ4v) is 4.35. The van der Waals surface area contributed by atoms with Crippen molar-refractivity contribution in [2.45, 2.75) is 92.0 Å². The van der Waals surface area contributed by atoms with Crippen molar-refractivity contribution in [2.24, 2.45) is 0 Å². The number of carbonyl (C=O) groups excluding carboxylic acids is 2. The Kier molecular flexibility index (Phi) is 8.44. The van der Waals surface area contributed by atoms with Crippen LogP contribution in [0.4, 0.5) is 11.4 Å². The van der Waals surface area contributed by atoms with E-state index >= 15 is 0 Å². The van der Waals surface area contributed by atoms with E-state index in [0.29, 0.717) is 31.9 Å². The van der Waals surface area contributed by atoms with Gasteiger partial charge in [0.1, 0.15) is 0 Å². The highest BCUT2D eigenvalue weighted by Gasteiger charge is 2.33. The number of carbonyl (C=O) groups is 2. The Balaban J connectivity index is 0.00000155. The van der Waals surface area contributed by atoms with Gasteiger partial charge in [-0.15, -0.1) is 0 Å². The molecular weight excluding hydrogens is 380 g/mol. The Morgan fingerprint density at radius 2 is 2.03 bits per heavy atom. The molecule has 2 heterocycles. The van der Waals surface area contributed by atoms with E-state index in [9.17, 15) is 9.59 Å². The fourth-order valence-electron chi connectivity index (χ4n) is 4.35. The highest BCUT2D eigenvalue weighted by Crippen LogP contribution is 2.43. The third-order valence-electron chi connectivity index (χ3n) is 5.91. The monoisotopic (exact) mass is 418 g/mol. The molecule has 1 N–H and O–H groups in total. The Morgan fingerprint density at radius 3 is 2.63 bits per heavy atom. The van der Waals surface area contributed by atoms with Crippen molar-refractivity contribution in [3.63, 3.8) is 0 Å². The Labute approximate surface area is 181 Å².